The second-order valence-electron chi connectivity index (χ2n) is 6.59. The molecule has 0 aliphatic carbocycles. The first-order chi connectivity index (χ1) is 10.6. The number of para-hydroxylation sites is 1. The molecule has 2 aliphatic rings. The first-order valence-electron chi connectivity index (χ1n) is 8.43. The third-order valence-corrected chi connectivity index (χ3v) is 7.03. The molecule has 118 valence electrons. The normalized spacial score (nSPS) is 21.8. The second kappa shape index (κ2) is 6.22. The van der Waals surface area contributed by atoms with Crippen molar-refractivity contribution in [2.75, 3.05) is 24.5 Å². The average molecular weight is 362 g/mol. The Morgan fingerprint density at radius 3 is 2.77 bits per heavy atom. The maximum absolute atomic E-state index is 2.57. The van der Waals surface area contributed by atoms with E-state index in [0.717, 1.165) is 13.1 Å². The zero-order chi connectivity index (χ0) is 15.7. The van der Waals surface area contributed by atoms with Crippen LogP contribution < -0.4 is 4.90 Å². The van der Waals surface area contributed by atoms with Gasteiger partial charge in [0.05, 0.1) is 0 Å². The molecule has 0 amide bonds. The Morgan fingerprint density at radius 2 is 2.05 bits per heavy atom. The number of hydrogen-bond acceptors (Lipinski definition) is 1. The number of rotatable bonds is 4. The van der Waals surface area contributed by atoms with E-state index in [1.165, 1.54) is 35.2 Å². The van der Waals surface area contributed by atoms with Gasteiger partial charge in [-0.1, -0.05) is 0 Å². The minimum atomic E-state index is 0.108. The third kappa shape index (κ3) is 2.55. The van der Waals surface area contributed by atoms with Crippen molar-refractivity contribution < 1.29 is 4.58 Å². The molecular formula is C19H27N2Se+. The van der Waals surface area contributed by atoms with Crippen LogP contribution in [0.2, 0.25) is 5.32 Å². The molecule has 0 atom stereocenters. The quantitative estimate of drug-likeness (QED) is 0.585. The van der Waals surface area contributed by atoms with Crippen LogP contribution in [-0.2, 0) is 5.41 Å². The zero-order valence-electron chi connectivity index (χ0n) is 14.2. The van der Waals surface area contributed by atoms with E-state index in [9.17, 15) is 0 Å². The first-order valence-corrected chi connectivity index (χ1v) is 10.5. The summed E-state index contributed by atoms with van der Waals surface area (Å²) in [5, 5.41) is 1.36. The second-order valence-corrected chi connectivity index (χ2v) is 8.93. The number of hydrogen-bond donors (Lipinski definition) is 0. The van der Waals surface area contributed by atoms with Gasteiger partial charge >= 0.3 is 141 Å². The Labute approximate surface area is 141 Å². The summed E-state index contributed by atoms with van der Waals surface area (Å²) in [5.41, 5.74) is 4.49. The number of nitrogens with zero attached hydrogens (tertiary/aromatic N) is 2. The Balaban J connectivity index is 2.10. The van der Waals surface area contributed by atoms with Crippen LogP contribution in [-0.4, -0.2) is 43.8 Å². The van der Waals surface area contributed by atoms with Crippen molar-refractivity contribution >= 4 is 25.3 Å². The minimum absolute atomic E-state index is 0.108. The monoisotopic (exact) mass is 363 g/mol. The Morgan fingerprint density at radius 1 is 1.27 bits per heavy atom. The van der Waals surface area contributed by atoms with Crippen LogP contribution >= 0.6 is 0 Å². The van der Waals surface area contributed by atoms with Crippen LogP contribution in [0.25, 0.3) is 0 Å². The van der Waals surface area contributed by atoms with E-state index in [0.29, 0.717) is 15.0 Å². The van der Waals surface area contributed by atoms with Gasteiger partial charge in [0, 0.05) is 0 Å². The van der Waals surface area contributed by atoms with Crippen molar-refractivity contribution in [1.29, 1.82) is 0 Å². The van der Waals surface area contributed by atoms with Gasteiger partial charge in [-0.2, -0.15) is 0 Å². The van der Waals surface area contributed by atoms with Crippen molar-refractivity contribution in [2.45, 2.75) is 44.9 Å². The van der Waals surface area contributed by atoms with E-state index >= 15 is 0 Å². The third-order valence-electron chi connectivity index (χ3n) is 4.81. The molecule has 0 spiro atoms. The molecule has 2 aliphatic heterocycles. The molecule has 0 saturated carbocycles. The van der Waals surface area contributed by atoms with Gasteiger partial charge in [0.25, 0.3) is 0 Å². The van der Waals surface area contributed by atoms with Gasteiger partial charge in [-0.3, -0.25) is 0 Å². The van der Waals surface area contributed by atoms with Crippen molar-refractivity contribution in [1.82, 2.24) is 0 Å². The average Bonchev–Trinajstić information content (AvgIpc) is 3.05. The van der Waals surface area contributed by atoms with Crippen molar-refractivity contribution in [3.63, 3.8) is 0 Å². The molecule has 2 nitrogen and oxygen atoms in total. The van der Waals surface area contributed by atoms with Gasteiger partial charge in [-0.05, 0) is 0 Å². The van der Waals surface area contributed by atoms with Gasteiger partial charge in [0.1, 0.15) is 0 Å². The summed E-state index contributed by atoms with van der Waals surface area (Å²) >= 11 is 0.645. The fraction of sp³-hybridized carbons (Fsp3) is 0.526. The van der Waals surface area contributed by atoms with Crippen LogP contribution in [0.3, 0.4) is 0 Å². The van der Waals surface area contributed by atoms with Crippen molar-refractivity contribution in [3.05, 3.63) is 41.6 Å². The van der Waals surface area contributed by atoms with Crippen molar-refractivity contribution in [3.8, 4) is 0 Å². The van der Waals surface area contributed by atoms with Gasteiger partial charge in [-0.15, -0.1) is 0 Å². The summed E-state index contributed by atoms with van der Waals surface area (Å²) in [5.74, 6) is 0. The number of allylic oxidation sites excluding steroid dienone is 2. The molecule has 0 saturated heterocycles. The molecule has 1 aromatic carbocycles. The van der Waals surface area contributed by atoms with E-state index in [-0.39, 0.29) is 5.41 Å². The predicted molar refractivity (Wildman–Crippen MR) is 96.4 cm³/mol. The molecule has 3 rings (SSSR count). The van der Waals surface area contributed by atoms with E-state index in [1.807, 2.05) is 0 Å². The summed E-state index contributed by atoms with van der Waals surface area (Å²) in [4.78, 5) is 2.56. The molecule has 0 radical (unpaired) electrons. The fourth-order valence-electron chi connectivity index (χ4n) is 3.59. The molecule has 0 bridgehead atoms. The summed E-state index contributed by atoms with van der Waals surface area (Å²) in [6, 6.07) is 8.95. The summed E-state index contributed by atoms with van der Waals surface area (Å²) in [6.45, 7) is 12.8. The molecule has 0 fully saturated rings. The number of fused-ring (bicyclic) bond motifs is 1. The van der Waals surface area contributed by atoms with Crippen LogP contribution in [0, 0.1) is 0 Å². The standard InChI is InChI=1S/C19H27N2Se/c1-5-11-21-16-10-8-7-9-15(16)19(3,4)17(21)14-18-20(6-2)12-13-22-18/h7-10,14H,5-6,11-13H2,1-4H3/q+1. The van der Waals surface area contributed by atoms with Crippen LogP contribution in [0.15, 0.2) is 36.0 Å². The van der Waals surface area contributed by atoms with E-state index in [2.05, 4.69) is 67.5 Å². The molecule has 22 heavy (non-hydrogen) atoms. The SMILES string of the molecule is CCCN1/C(=C/C2=[N+](CC)CC[Se]2)C(C)(C)c2ccccc21. The molecule has 0 N–H and O–H groups in total. The molecule has 2 heterocycles. The summed E-state index contributed by atoms with van der Waals surface area (Å²) in [7, 11) is 0. The van der Waals surface area contributed by atoms with Gasteiger partial charge in [-0.25, -0.2) is 0 Å². The number of benzene rings is 1. The van der Waals surface area contributed by atoms with Gasteiger partial charge in [0.15, 0.2) is 0 Å². The molecule has 0 unspecified atom stereocenters. The van der Waals surface area contributed by atoms with Crippen LogP contribution in [0.4, 0.5) is 5.69 Å². The van der Waals surface area contributed by atoms with Gasteiger partial charge in [0.2, 0.25) is 0 Å². The van der Waals surface area contributed by atoms with Crippen LogP contribution in [0.1, 0.15) is 39.7 Å². The zero-order valence-corrected chi connectivity index (χ0v) is 15.9. The maximum atomic E-state index is 2.57. The topological polar surface area (TPSA) is 6.25 Å². The summed E-state index contributed by atoms with van der Waals surface area (Å²) < 4.78 is 4.16. The molecule has 1 aromatic rings. The fourth-order valence-corrected chi connectivity index (χ4v) is 5.94. The molecule has 3 heteroatoms. The predicted octanol–water partition coefficient (Wildman–Crippen LogP) is 3.65. The van der Waals surface area contributed by atoms with Crippen LogP contribution in [0.5, 0.6) is 0 Å². The van der Waals surface area contributed by atoms with E-state index in [4.69, 9.17) is 0 Å². The molecular weight excluding hydrogens is 335 g/mol. The number of anilines is 1. The molecule has 0 aromatic heterocycles. The first kappa shape index (κ1) is 15.8. The van der Waals surface area contributed by atoms with Gasteiger partial charge < -0.3 is 0 Å². The Bertz CT molecular complexity index is 628. The Kier molecular flexibility index (Phi) is 4.47. The van der Waals surface area contributed by atoms with E-state index < -0.39 is 0 Å². The Hall–Kier alpha value is -1.05. The van der Waals surface area contributed by atoms with E-state index in [1.54, 1.807) is 4.61 Å². The van der Waals surface area contributed by atoms with Crippen molar-refractivity contribution in [2.24, 2.45) is 0 Å². The summed E-state index contributed by atoms with van der Waals surface area (Å²) in [6.07, 6.45) is 3.70.